The summed E-state index contributed by atoms with van der Waals surface area (Å²) in [6.45, 7) is 10.8. The molecule has 1 aromatic rings. The van der Waals surface area contributed by atoms with Crippen LogP contribution < -0.4 is 0 Å². The molecule has 0 saturated heterocycles. The van der Waals surface area contributed by atoms with Gasteiger partial charge in [-0.1, -0.05) is 51.5 Å². The number of aliphatic hydroxyl groups is 1. The van der Waals surface area contributed by atoms with Crippen LogP contribution in [0.5, 0.6) is 0 Å². The standard InChI is InChI=1S/C18H28O/c1-17(2,3)15-12-8-10-13(15)14-9-6-7-11-16(14)18(4,5)19/h6-7,9,11,13,15,19H,8,10,12H2,1-5H3. The minimum Gasteiger partial charge on any atom is -0.386 e. The van der Waals surface area contributed by atoms with Crippen LogP contribution in [0.4, 0.5) is 0 Å². The van der Waals surface area contributed by atoms with Gasteiger partial charge in [0.25, 0.3) is 0 Å². The van der Waals surface area contributed by atoms with Crippen LogP contribution >= 0.6 is 0 Å². The summed E-state index contributed by atoms with van der Waals surface area (Å²) in [6.07, 6.45) is 3.89. The van der Waals surface area contributed by atoms with Crippen LogP contribution in [-0.4, -0.2) is 5.11 Å². The summed E-state index contributed by atoms with van der Waals surface area (Å²) in [5.74, 6) is 1.32. The summed E-state index contributed by atoms with van der Waals surface area (Å²) in [4.78, 5) is 0. The fraction of sp³-hybridized carbons (Fsp3) is 0.667. The molecule has 0 radical (unpaired) electrons. The molecule has 1 heteroatoms. The predicted molar refractivity (Wildman–Crippen MR) is 81.2 cm³/mol. The second kappa shape index (κ2) is 4.94. The number of rotatable bonds is 2. The third-order valence-electron chi connectivity index (χ3n) is 4.65. The molecule has 1 aliphatic rings. The first-order chi connectivity index (χ1) is 8.71. The van der Waals surface area contributed by atoms with Crippen LogP contribution in [0.2, 0.25) is 0 Å². The van der Waals surface area contributed by atoms with Gasteiger partial charge in [0, 0.05) is 0 Å². The maximum Gasteiger partial charge on any atom is 0.0843 e. The van der Waals surface area contributed by atoms with E-state index in [1.807, 2.05) is 19.9 Å². The van der Waals surface area contributed by atoms with Crippen molar-refractivity contribution in [2.75, 3.05) is 0 Å². The second-order valence-electron chi connectivity index (χ2n) is 7.66. The van der Waals surface area contributed by atoms with Crippen molar-refractivity contribution in [3.8, 4) is 0 Å². The van der Waals surface area contributed by atoms with Crippen LogP contribution in [0.3, 0.4) is 0 Å². The summed E-state index contributed by atoms with van der Waals surface area (Å²) in [5.41, 5.74) is 2.07. The van der Waals surface area contributed by atoms with Gasteiger partial charge in [0.05, 0.1) is 5.60 Å². The van der Waals surface area contributed by atoms with Crippen LogP contribution in [0.1, 0.15) is 70.9 Å². The molecule has 1 nitrogen and oxygen atoms in total. The lowest BCUT2D eigenvalue weighted by molar-refractivity contribution is 0.0762. The SMILES string of the molecule is CC(C)(O)c1ccccc1C1CCCC1C(C)(C)C. The van der Waals surface area contributed by atoms with Crippen molar-refractivity contribution in [3.05, 3.63) is 35.4 Å². The van der Waals surface area contributed by atoms with E-state index >= 15 is 0 Å². The largest absolute Gasteiger partial charge is 0.386 e. The zero-order valence-electron chi connectivity index (χ0n) is 13.0. The Morgan fingerprint density at radius 1 is 1.00 bits per heavy atom. The molecule has 19 heavy (non-hydrogen) atoms. The highest BCUT2D eigenvalue weighted by Crippen LogP contribution is 2.50. The van der Waals surface area contributed by atoms with Crippen LogP contribution in [-0.2, 0) is 5.60 Å². The molecule has 0 aromatic heterocycles. The average molecular weight is 260 g/mol. The zero-order chi connectivity index (χ0) is 14.3. The normalized spacial score (nSPS) is 24.7. The van der Waals surface area contributed by atoms with Gasteiger partial charge in [-0.2, -0.15) is 0 Å². The highest BCUT2D eigenvalue weighted by Gasteiger charge is 2.38. The molecular weight excluding hydrogens is 232 g/mol. The quantitative estimate of drug-likeness (QED) is 0.806. The Morgan fingerprint density at radius 3 is 2.21 bits per heavy atom. The molecular formula is C18H28O. The topological polar surface area (TPSA) is 20.2 Å². The van der Waals surface area contributed by atoms with E-state index in [2.05, 4.69) is 39.0 Å². The highest BCUT2D eigenvalue weighted by molar-refractivity contribution is 5.35. The molecule has 1 aromatic carbocycles. The lowest BCUT2D eigenvalue weighted by Gasteiger charge is -2.35. The predicted octanol–water partition coefficient (Wildman–Crippen LogP) is 4.84. The summed E-state index contributed by atoms with van der Waals surface area (Å²) < 4.78 is 0. The van der Waals surface area contributed by atoms with Gasteiger partial charge in [-0.25, -0.2) is 0 Å². The van der Waals surface area contributed by atoms with Crippen LogP contribution in [0.15, 0.2) is 24.3 Å². The number of hydrogen-bond donors (Lipinski definition) is 1. The molecule has 1 N–H and O–H groups in total. The van der Waals surface area contributed by atoms with Gasteiger partial charge in [-0.05, 0) is 55.1 Å². The fourth-order valence-electron chi connectivity index (χ4n) is 3.75. The van der Waals surface area contributed by atoms with E-state index in [0.717, 1.165) is 11.5 Å². The molecule has 0 bridgehead atoms. The van der Waals surface area contributed by atoms with Gasteiger partial charge < -0.3 is 5.11 Å². The van der Waals surface area contributed by atoms with Crippen molar-refractivity contribution in [1.29, 1.82) is 0 Å². The van der Waals surface area contributed by atoms with E-state index in [9.17, 15) is 5.11 Å². The monoisotopic (exact) mass is 260 g/mol. The zero-order valence-corrected chi connectivity index (χ0v) is 13.0. The molecule has 106 valence electrons. The molecule has 1 saturated carbocycles. The van der Waals surface area contributed by atoms with E-state index in [-0.39, 0.29) is 0 Å². The molecule has 0 aliphatic heterocycles. The number of hydrogen-bond acceptors (Lipinski definition) is 1. The van der Waals surface area contributed by atoms with Crippen LogP contribution in [0.25, 0.3) is 0 Å². The Labute approximate surface area is 118 Å². The van der Waals surface area contributed by atoms with E-state index < -0.39 is 5.60 Å². The van der Waals surface area contributed by atoms with Crippen molar-refractivity contribution in [3.63, 3.8) is 0 Å². The third kappa shape index (κ3) is 3.02. The Hall–Kier alpha value is -0.820. The maximum absolute atomic E-state index is 10.4. The number of benzene rings is 1. The van der Waals surface area contributed by atoms with Crippen LogP contribution in [0, 0.1) is 11.3 Å². The van der Waals surface area contributed by atoms with Gasteiger partial charge in [-0.15, -0.1) is 0 Å². The van der Waals surface area contributed by atoms with Gasteiger partial charge in [0.2, 0.25) is 0 Å². The molecule has 2 atom stereocenters. The summed E-state index contributed by atoms with van der Waals surface area (Å²) in [7, 11) is 0. The smallest absolute Gasteiger partial charge is 0.0843 e. The first kappa shape index (κ1) is 14.6. The van der Waals surface area contributed by atoms with E-state index in [0.29, 0.717) is 11.3 Å². The first-order valence-electron chi connectivity index (χ1n) is 7.53. The maximum atomic E-state index is 10.4. The summed E-state index contributed by atoms with van der Waals surface area (Å²) in [6, 6.07) is 8.47. The summed E-state index contributed by atoms with van der Waals surface area (Å²) in [5, 5.41) is 10.4. The Bertz CT molecular complexity index is 434. The molecule has 0 amide bonds. The van der Waals surface area contributed by atoms with Gasteiger partial charge in [-0.3, -0.25) is 0 Å². The lowest BCUT2D eigenvalue weighted by atomic mass is 9.71. The van der Waals surface area contributed by atoms with Gasteiger partial charge in [0.1, 0.15) is 0 Å². The van der Waals surface area contributed by atoms with Crippen molar-refractivity contribution < 1.29 is 5.11 Å². The molecule has 2 rings (SSSR count). The molecule has 0 heterocycles. The fourth-order valence-corrected chi connectivity index (χ4v) is 3.75. The lowest BCUT2D eigenvalue weighted by Crippen LogP contribution is -2.26. The van der Waals surface area contributed by atoms with Gasteiger partial charge >= 0.3 is 0 Å². The van der Waals surface area contributed by atoms with E-state index in [4.69, 9.17) is 0 Å². The molecule has 1 fully saturated rings. The summed E-state index contributed by atoms with van der Waals surface area (Å²) >= 11 is 0. The van der Waals surface area contributed by atoms with Crippen molar-refractivity contribution in [2.24, 2.45) is 11.3 Å². The first-order valence-corrected chi connectivity index (χ1v) is 7.53. The van der Waals surface area contributed by atoms with Crippen molar-refractivity contribution in [1.82, 2.24) is 0 Å². The van der Waals surface area contributed by atoms with Gasteiger partial charge in [0.15, 0.2) is 0 Å². The highest BCUT2D eigenvalue weighted by atomic mass is 16.3. The molecule has 2 unspecified atom stereocenters. The van der Waals surface area contributed by atoms with Crippen molar-refractivity contribution in [2.45, 2.75) is 65.4 Å². The molecule has 0 spiro atoms. The van der Waals surface area contributed by atoms with E-state index in [1.165, 1.54) is 24.8 Å². The third-order valence-corrected chi connectivity index (χ3v) is 4.65. The molecule has 1 aliphatic carbocycles. The second-order valence-corrected chi connectivity index (χ2v) is 7.66. The Kier molecular flexibility index (Phi) is 3.79. The minimum absolute atomic E-state index is 0.341. The average Bonchev–Trinajstić information content (AvgIpc) is 2.76. The van der Waals surface area contributed by atoms with Crippen molar-refractivity contribution >= 4 is 0 Å². The Balaban J connectivity index is 2.42. The van der Waals surface area contributed by atoms with E-state index in [1.54, 1.807) is 0 Å². The minimum atomic E-state index is -0.748. The Morgan fingerprint density at radius 2 is 1.63 bits per heavy atom.